The van der Waals surface area contributed by atoms with Gasteiger partial charge in [-0.2, -0.15) is 0 Å². The lowest BCUT2D eigenvalue weighted by Gasteiger charge is -2.29. The van der Waals surface area contributed by atoms with E-state index in [1.807, 2.05) is 51.9 Å². The number of Topliss-reactive ketones (excluding diaryl/α,β-unsaturated/α-hetero) is 1. The number of fused-ring (bicyclic) bond motifs is 1. The van der Waals surface area contributed by atoms with Crippen LogP contribution in [0.15, 0.2) is 24.3 Å². The molecule has 0 spiro atoms. The van der Waals surface area contributed by atoms with Crippen molar-refractivity contribution in [3.05, 3.63) is 29.8 Å². The summed E-state index contributed by atoms with van der Waals surface area (Å²) in [4.78, 5) is 56.9. The average molecular weight is 457 g/mol. The predicted octanol–water partition coefficient (Wildman–Crippen LogP) is 2.08. The average Bonchev–Trinajstić information content (AvgIpc) is 3.34. The molecule has 0 bridgehead atoms. The third kappa shape index (κ3) is 5.37. The molecule has 180 valence electrons. The van der Waals surface area contributed by atoms with Gasteiger partial charge in [0.1, 0.15) is 12.1 Å². The number of hydrogen-bond acceptors (Lipinski definition) is 5. The lowest BCUT2D eigenvalue weighted by atomic mass is 10.0. The predicted molar refractivity (Wildman–Crippen MR) is 127 cm³/mol. The molecule has 3 amide bonds. The second-order valence-electron chi connectivity index (χ2n) is 9.67. The molecule has 8 nitrogen and oxygen atoms in total. The normalized spacial score (nSPS) is 20.7. The summed E-state index contributed by atoms with van der Waals surface area (Å²) in [6, 6.07) is 5.62. The monoisotopic (exact) mass is 456 g/mol. The third-order valence-corrected chi connectivity index (χ3v) is 6.45. The van der Waals surface area contributed by atoms with Gasteiger partial charge in [0, 0.05) is 38.3 Å². The number of carbonyl (C=O) groups excluding carboxylic acids is 4. The Morgan fingerprint density at radius 1 is 1.12 bits per heavy atom. The van der Waals surface area contributed by atoms with Crippen LogP contribution in [0.1, 0.15) is 56.8 Å². The molecule has 0 aromatic heterocycles. The first-order chi connectivity index (χ1) is 15.6. The minimum atomic E-state index is -0.724. The molecule has 3 rings (SSSR count). The molecule has 2 heterocycles. The topological polar surface area (TPSA) is 90.0 Å². The van der Waals surface area contributed by atoms with Crippen LogP contribution in [-0.2, 0) is 14.4 Å². The molecule has 3 atom stereocenters. The van der Waals surface area contributed by atoms with Gasteiger partial charge in [-0.05, 0) is 49.4 Å². The second kappa shape index (κ2) is 10.4. The Kier molecular flexibility index (Phi) is 7.76. The quantitative estimate of drug-likeness (QED) is 0.647. The lowest BCUT2D eigenvalue weighted by molar-refractivity contribution is -0.138. The second-order valence-corrected chi connectivity index (χ2v) is 9.67. The van der Waals surface area contributed by atoms with Crippen LogP contribution in [-0.4, -0.2) is 78.6 Å². The van der Waals surface area contributed by atoms with E-state index in [2.05, 4.69) is 5.32 Å². The van der Waals surface area contributed by atoms with Crippen LogP contribution in [0.25, 0.3) is 0 Å². The van der Waals surface area contributed by atoms with Crippen LogP contribution in [0.4, 0.5) is 5.69 Å². The summed E-state index contributed by atoms with van der Waals surface area (Å²) < 4.78 is 0. The van der Waals surface area contributed by atoms with Gasteiger partial charge in [-0.3, -0.25) is 19.2 Å². The molecular formula is C25H36N4O4. The van der Waals surface area contributed by atoms with Gasteiger partial charge in [0.25, 0.3) is 5.91 Å². The standard InChI is InChI=1S/C25H36N4O4/c1-6-7-22(31)29-15-21(30)23-20(29)12-13-28(23)25(33)19(14-16(2)3)26-24(32)17-8-10-18(11-9-17)27(4)5/h8-11,16,19-20,23H,6-7,12-15H2,1-5H3,(H,26,32)/t19-,20+,23-/m0/s1. The number of rotatable bonds is 8. The summed E-state index contributed by atoms with van der Waals surface area (Å²) in [5.41, 5.74) is 1.46. The first-order valence-electron chi connectivity index (χ1n) is 11.8. The highest BCUT2D eigenvalue weighted by Gasteiger charge is 2.51. The molecule has 0 radical (unpaired) electrons. The van der Waals surface area contributed by atoms with Crippen molar-refractivity contribution < 1.29 is 19.2 Å². The molecular weight excluding hydrogens is 420 g/mol. The van der Waals surface area contributed by atoms with Crippen LogP contribution in [0, 0.1) is 5.92 Å². The minimum absolute atomic E-state index is 0.0270. The lowest BCUT2D eigenvalue weighted by Crippen LogP contribution is -2.53. The number of benzene rings is 1. The van der Waals surface area contributed by atoms with Crippen LogP contribution in [0.5, 0.6) is 0 Å². The van der Waals surface area contributed by atoms with Crippen molar-refractivity contribution in [2.75, 3.05) is 32.1 Å². The van der Waals surface area contributed by atoms with Crippen molar-refractivity contribution in [1.82, 2.24) is 15.1 Å². The Bertz CT molecular complexity index is 896. The number of carbonyl (C=O) groups is 4. The highest BCUT2D eigenvalue weighted by Crippen LogP contribution is 2.31. The largest absolute Gasteiger partial charge is 0.378 e. The Hall–Kier alpha value is -2.90. The Morgan fingerprint density at radius 3 is 2.36 bits per heavy atom. The van der Waals surface area contributed by atoms with Crippen LogP contribution in [0.2, 0.25) is 0 Å². The Morgan fingerprint density at radius 2 is 1.79 bits per heavy atom. The van der Waals surface area contributed by atoms with Crippen molar-refractivity contribution >= 4 is 29.2 Å². The van der Waals surface area contributed by atoms with E-state index in [1.165, 1.54) is 0 Å². The molecule has 1 N–H and O–H groups in total. The number of amides is 3. The molecule has 0 saturated carbocycles. The Labute approximate surface area is 196 Å². The molecule has 0 unspecified atom stereocenters. The van der Waals surface area contributed by atoms with Gasteiger partial charge in [0.05, 0.1) is 12.6 Å². The minimum Gasteiger partial charge on any atom is -0.378 e. The zero-order chi connectivity index (χ0) is 24.3. The number of nitrogens with zero attached hydrogens (tertiary/aromatic N) is 3. The fourth-order valence-corrected chi connectivity index (χ4v) is 4.79. The molecule has 2 aliphatic heterocycles. The van der Waals surface area contributed by atoms with Crippen LogP contribution in [0.3, 0.4) is 0 Å². The van der Waals surface area contributed by atoms with E-state index in [-0.39, 0.29) is 42.0 Å². The van der Waals surface area contributed by atoms with Crippen molar-refractivity contribution in [2.45, 2.75) is 64.6 Å². The maximum absolute atomic E-state index is 13.5. The number of likely N-dealkylation sites (tertiary alicyclic amines) is 2. The SMILES string of the molecule is CCCC(=O)N1CC(=O)[C@@H]2[C@H]1CCN2C(=O)[C@H](CC(C)C)NC(=O)c1ccc(N(C)C)cc1. The van der Waals surface area contributed by atoms with E-state index >= 15 is 0 Å². The number of anilines is 1. The summed E-state index contributed by atoms with van der Waals surface area (Å²) in [6.07, 6.45) is 2.19. The van der Waals surface area contributed by atoms with E-state index < -0.39 is 12.1 Å². The maximum Gasteiger partial charge on any atom is 0.251 e. The van der Waals surface area contributed by atoms with Gasteiger partial charge in [0.2, 0.25) is 11.8 Å². The Balaban J connectivity index is 1.75. The van der Waals surface area contributed by atoms with Gasteiger partial charge in [-0.25, -0.2) is 0 Å². The first kappa shape index (κ1) is 24.7. The van der Waals surface area contributed by atoms with Crippen molar-refractivity contribution in [3.8, 4) is 0 Å². The molecule has 8 heteroatoms. The molecule has 2 aliphatic rings. The van der Waals surface area contributed by atoms with Crippen molar-refractivity contribution in [3.63, 3.8) is 0 Å². The molecule has 33 heavy (non-hydrogen) atoms. The first-order valence-corrected chi connectivity index (χ1v) is 11.8. The number of hydrogen-bond donors (Lipinski definition) is 1. The van der Waals surface area contributed by atoms with E-state index in [0.717, 1.165) is 12.1 Å². The molecule has 0 aliphatic carbocycles. The van der Waals surface area contributed by atoms with Crippen LogP contribution < -0.4 is 10.2 Å². The van der Waals surface area contributed by atoms with Crippen LogP contribution >= 0.6 is 0 Å². The zero-order valence-corrected chi connectivity index (χ0v) is 20.3. The van der Waals surface area contributed by atoms with Crippen molar-refractivity contribution in [2.24, 2.45) is 5.92 Å². The summed E-state index contributed by atoms with van der Waals surface area (Å²) in [5.74, 6) is -0.499. The molecule has 1 aromatic rings. The highest BCUT2D eigenvalue weighted by molar-refractivity contribution is 6.00. The number of nitrogens with one attached hydrogen (secondary N) is 1. The summed E-state index contributed by atoms with van der Waals surface area (Å²) in [7, 11) is 3.86. The maximum atomic E-state index is 13.5. The van der Waals surface area contributed by atoms with E-state index in [0.29, 0.717) is 31.4 Å². The highest BCUT2D eigenvalue weighted by atomic mass is 16.2. The molecule has 1 aromatic carbocycles. The van der Waals surface area contributed by atoms with E-state index in [4.69, 9.17) is 0 Å². The fraction of sp³-hybridized carbons (Fsp3) is 0.600. The molecule has 2 fully saturated rings. The summed E-state index contributed by atoms with van der Waals surface area (Å²) in [6.45, 7) is 6.41. The smallest absolute Gasteiger partial charge is 0.251 e. The fourth-order valence-electron chi connectivity index (χ4n) is 4.79. The van der Waals surface area contributed by atoms with E-state index in [1.54, 1.807) is 21.9 Å². The third-order valence-electron chi connectivity index (χ3n) is 6.45. The van der Waals surface area contributed by atoms with Gasteiger partial charge >= 0.3 is 0 Å². The van der Waals surface area contributed by atoms with Crippen molar-refractivity contribution in [1.29, 1.82) is 0 Å². The number of ketones is 1. The van der Waals surface area contributed by atoms with Gasteiger partial charge in [-0.15, -0.1) is 0 Å². The van der Waals surface area contributed by atoms with Gasteiger partial charge < -0.3 is 20.0 Å². The summed E-state index contributed by atoms with van der Waals surface area (Å²) in [5, 5.41) is 2.90. The van der Waals surface area contributed by atoms with Gasteiger partial charge in [-0.1, -0.05) is 20.8 Å². The summed E-state index contributed by atoms with van der Waals surface area (Å²) >= 11 is 0. The molecule has 2 saturated heterocycles. The zero-order valence-electron chi connectivity index (χ0n) is 20.3. The van der Waals surface area contributed by atoms with E-state index in [9.17, 15) is 19.2 Å². The van der Waals surface area contributed by atoms with Gasteiger partial charge in [0.15, 0.2) is 5.78 Å².